The van der Waals surface area contributed by atoms with Crippen LogP contribution in [0.1, 0.15) is 26.2 Å². The lowest BCUT2D eigenvalue weighted by molar-refractivity contribution is -0.114. The fourth-order valence-electron chi connectivity index (χ4n) is 1.88. The Morgan fingerprint density at radius 1 is 1.47 bits per heavy atom. The summed E-state index contributed by atoms with van der Waals surface area (Å²) < 4.78 is 0. The molecule has 0 aliphatic heterocycles. The number of halogens is 1. The summed E-state index contributed by atoms with van der Waals surface area (Å²) in [5, 5.41) is 6.63. The summed E-state index contributed by atoms with van der Waals surface area (Å²) in [4.78, 5) is 10.9. The van der Waals surface area contributed by atoms with Crippen molar-refractivity contribution in [1.82, 2.24) is 0 Å². The van der Waals surface area contributed by atoms with Gasteiger partial charge in [-0.15, -0.1) is 0 Å². The number of rotatable bonds is 4. The monoisotopic (exact) mass is 252 g/mol. The van der Waals surface area contributed by atoms with Crippen LogP contribution in [0.15, 0.2) is 18.2 Å². The van der Waals surface area contributed by atoms with E-state index in [1.807, 2.05) is 18.2 Å². The number of amides is 1. The molecule has 2 N–H and O–H groups in total. The molecular weight excluding hydrogens is 236 g/mol. The van der Waals surface area contributed by atoms with Crippen LogP contribution in [-0.2, 0) is 4.79 Å². The molecule has 0 spiro atoms. The quantitative estimate of drug-likeness (QED) is 0.861. The smallest absolute Gasteiger partial charge is 0.221 e. The van der Waals surface area contributed by atoms with Crippen molar-refractivity contribution in [3.8, 4) is 0 Å². The molecule has 1 aromatic carbocycles. The zero-order valence-corrected chi connectivity index (χ0v) is 10.7. The molecule has 1 amide bonds. The number of carbonyl (C=O) groups excluding carboxylic acids is 1. The SMILES string of the molecule is CC(=O)Nc1ccc(NCC2CCC2)cc1Cl. The van der Waals surface area contributed by atoms with Gasteiger partial charge in [-0.25, -0.2) is 0 Å². The van der Waals surface area contributed by atoms with Gasteiger partial charge in [0.25, 0.3) is 0 Å². The van der Waals surface area contributed by atoms with Crippen LogP contribution in [-0.4, -0.2) is 12.5 Å². The van der Waals surface area contributed by atoms with E-state index in [-0.39, 0.29) is 5.91 Å². The molecule has 1 saturated carbocycles. The van der Waals surface area contributed by atoms with Crippen LogP contribution in [0.2, 0.25) is 5.02 Å². The summed E-state index contributed by atoms with van der Waals surface area (Å²) in [6, 6.07) is 5.62. The maximum atomic E-state index is 10.9. The molecule has 1 aromatic rings. The van der Waals surface area contributed by atoms with Crippen LogP contribution in [0.25, 0.3) is 0 Å². The van der Waals surface area contributed by atoms with Crippen molar-refractivity contribution in [2.45, 2.75) is 26.2 Å². The van der Waals surface area contributed by atoms with Gasteiger partial charge < -0.3 is 10.6 Å². The number of anilines is 2. The van der Waals surface area contributed by atoms with Crippen LogP contribution < -0.4 is 10.6 Å². The predicted octanol–water partition coefficient (Wildman–Crippen LogP) is 3.51. The molecule has 4 heteroatoms. The number of benzene rings is 1. The number of nitrogens with one attached hydrogen (secondary N) is 2. The Morgan fingerprint density at radius 2 is 2.24 bits per heavy atom. The van der Waals surface area contributed by atoms with Crippen molar-refractivity contribution >= 4 is 28.9 Å². The van der Waals surface area contributed by atoms with Crippen LogP contribution in [0.5, 0.6) is 0 Å². The molecule has 0 aromatic heterocycles. The second-order valence-corrected chi connectivity index (χ2v) is 4.96. The van der Waals surface area contributed by atoms with Gasteiger partial charge in [0.2, 0.25) is 5.91 Å². The van der Waals surface area contributed by atoms with Crippen molar-refractivity contribution in [2.24, 2.45) is 5.92 Å². The Morgan fingerprint density at radius 3 is 2.76 bits per heavy atom. The lowest BCUT2D eigenvalue weighted by atomic mass is 9.85. The summed E-state index contributed by atoms with van der Waals surface area (Å²) in [6.07, 6.45) is 4.00. The molecule has 0 radical (unpaired) electrons. The van der Waals surface area contributed by atoms with E-state index in [9.17, 15) is 4.79 Å². The normalized spacial score (nSPS) is 15.2. The largest absolute Gasteiger partial charge is 0.385 e. The van der Waals surface area contributed by atoms with Crippen LogP contribution >= 0.6 is 11.6 Å². The fourth-order valence-corrected chi connectivity index (χ4v) is 2.10. The highest BCUT2D eigenvalue weighted by Gasteiger charge is 2.16. The molecular formula is C13H17ClN2O. The standard InChI is InChI=1S/C13H17ClN2O/c1-9(17)16-13-6-5-11(7-12(13)14)15-8-10-3-2-4-10/h5-7,10,15H,2-4,8H2,1H3,(H,16,17). The van der Waals surface area contributed by atoms with Gasteiger partial charge in [-0.2, -0.15) is 0 Å². The Bertz CT molecular complexity index is 416. The average Bonchev–Trinajstić information content (AvgIpc) is 2.19. The first-order chi connectivity index (χ1) is 8.15. The maximum absolute atomic E-state index is 10.9. The topological polar surface area (TPSA) is 41.1 Å². The minimum atomic E-state index is -0.109. The first-order valence-electron chi connectivity index (χ1n) is 5.96. The van der Waals surface area contributed by atoms with Crippen LogP contribution in [0, 0.1) is 5.92 Å². The molecule has 0 bridgehead atoms. The van der Waals surface area contributed by atoms with Crippen LogP contribution in [0.3, 0.4) is 0 Å². The van der Waals surface area contributed by atoms with Gasteiger partial charge in [-0.05, 0) is 37.0 Å². The van der Waals surface area contributed by atoms with Crippen molar-refractivity contribution in [2.75, 3.05) is 17.2 Å². The molecule has 1 fully saturated rings. The Kier molecular flexibility index (Phi) is 3.89. The Hall–Kier alpha value is -1.22. The van der Waals surface area contributed by atoms with Gasteiger partial charge in [-0.3, -0.25) is 4.79 Å². The summed E-state index contributed by atoms with van der Waals surface area (Å²) >= 11 is 6.08. The summed E-state index contributed by atoms with van der Waals surface area (Å²) in [7, 11) is 0. The molecule has 92 valence electrons. The second-order valence-electron chi connectivity index (χ2n) is 4.55. The summed E-state index contributed by atoms with van der Waals surface area (Å²) in [6.45, 7) is 2.48. The molecule has 0 atom stereocenters. The highest BCUT2D eigenvalue weighted by atomic mass is 35.5. The minimum absolute atomic E-state index is 0.109. The predicted molar refractivity (Wildman–Crippen MR) is 71.6 cm³/mol. The Balaban J connectivity index is 1.94. The molecule has 1 aliphatic rings. The first kappa shape index (κ1) is 12.2. The molecule has 1 aliphatic carbocycles. The fraction of sp³-hybridized carbons (Fsp3) is 0.462. The van der Waals surface area contributed by atoms with Crippen molar-refractivity contribution in [3.05, 3.63) is 23.2 Å². The van der Waals surface area contributed by atoms with E-state index in [2.05, 4.69) is 10.6 Å². The number of hydrogen-bond acceptors (Lipinski definition) is 2. The molecule has 17 heavy (non-hydrogen) atoms. The summed E-state index contributed by atoms with van der Waals surface area (Å²) in [5.74, 6) is 0.700. The molecule has 0 unspecified atom stereocenters. The maximum Gasteiger partial charge on any atom is 0.221 e. The minimum Gasteiger partial charge on any atom is -0.385 e. The highest BCUT2D eigenvalue weighted by Crippen LogP contribution is 2.28. The molecule has 2 rings (SSSR count). The second kappa shape index (κ2) is 5.41. The number of hydrogen-bond donors (Lipinski definition) is 2. The lowest BCUT2D eigenvalue weighted by Gasteiger charge is -2.26. The van der Waals surface area contributed by atoms with Gasteiger partial charge in [0, 0.05) is 19.2 Å². The van der Waals surface area contributed by atoms with Gasteiger partial charge in [0.05, 0.1) is 10.7 Å². The molecule has 0 heterocycles. The molecule has 3 nitrogen and oxygen atoms in total. The van der Waals surface area contributed by atoms with Crippen molar-refractivity contribution in [3.63, 3.8) is 0 Å². The third-order valence-electron chi connectivity index (χ3n) is 3.10. The Labute approximate surface area is 107 Å². The van der Waals surface area contributed by atoms with E-state index in [1.54, 1.807) is 0 Å². The van der Waals surface area contributed by atoms with Crippen molar-refractivity contribution in [1.29, 1.82) is 0 Å². The molecule has 0 saturated heterocycles. The van der Waals surface area contributed by atoms with E-state index in [4.69, 9.17) is 11.6 Å². The van der Waals surface area contributed by atoms with Gasteiger partial charge >= 0.3 is 0 Å². The number of carbonyl (C=O) groups is 1. The third kappa shape index (κ3) is 3.37. The zero-order chi connectivity index (χ0) is 12.3. The van der Waals surface area contributed by atoms with Crippen LogP contribution in [0.4, 0.5) is 11.4 Å². The van der Waals surface area contributed by atoms with Gasteiger partial charge in [0.15, 0.2) is 0 Å². The van der Waals surface area contributed by atoms with E-state index in [1.165, 1.54) is 26.2 Å². The average molecular weight is 253 g/mol. The first-order valence-corrected chi connectivity index (χ1v) is 6.34. The zero-order valence-electron chi connectivity index (χ0n) is 9.92. The van der Waals surface area contributed by atoms with E-state index in [0.717, 1.165) is 18.2 Å². The summed E-state index contributed by atoms with van der Waals surface area (Å²) in [5.41, 5.74) is 1.67. The van der Waals surface area contributed by atoms with Gasteiger partial charge in [-0.1, -0.05) is 18.0 Å². The van der Waals surface area contributed by atoms with E-state index >= 15 is 0 Å². The third-order valence-corrected chi connectivity index (χ3v) is 3.41. The van der Waals surface area contributed by atoms with Gasteiger partial charge in [0.1, 0.15) is 0 Å². The van der Waals surface area contributed by atoms with E-state index < -0.39 is 0 Å². The van der Waals surface area contributed by atoms with Crippen molar-refractivity contribution < 1.29 is 4.79 Å². The highest BCUT2D eigenvalue weighted by molar-refractivity contribution is 6.34. The lowest BCUT2D eigenvalue weighted by Crippen LogP contribution is -2.20. The van der Waals surface area contributed by atoms with E-state index in [0.29, 0.717) is 10.7 Å².